The molecule has 114 valence electrons. The Labute approximate surface area is 129 Å². The van der Waals surface area contributed by atoms with Crippen LogP contribution in [-0.2, 0) is 0 Å². The second-order valence-electron chi connectivity index (χ2n) is 3.85. The summed E-state index contributed by atoms with van der Waals surface area (Å²) in [6.07, 6.45) is 3.66. The summed E-state index contributed by atoms with van der Waals surface area (Å²) in [5, 5.41) is 10.4. The fourth-order valence-corrected chi connectivity index (χ4v) is 1.92. The molecule has 0 aromatic carbocycles. The smallest absolute Gasteiger partial charge is 0.294 e. The van der Waals surface area contributed by atoms with Gasteiger partial charge < -0.3 is 0 Å². The summed E-state index contributed by atoms with van der Waals surface area (Å²) >= 11 is 5.73. The van der Waals surface area contributed by atoms with E-state index in [1.54, 1.807) is 0 Å². The van der Waals surface area contributed by atoms with Crippen LogP contribution in [0.3, 0.4) is 0 Å². The van der Waals surface area contributed by atoms with Crippen molar-refractivity contribution >= 4 is 22.9 Å². The Morgan fingerprint density at radius 2 is 2.00 bits per heavy atom. The average molecular weight is 324 g/mol. The third-order valence-corrected chi connectivity index (χ3v) is 2.90. The van der Waals surface area contributed by atoms with Crippen molar-refractivity contribution in [2.24, 2.45) is 0 Å². The Hall–Kier alpha value is -2.61. The molecular weight excluding hydrogens is 313 g/mol. The summed E-state index contributed by atoms with van der Waals surface area (Å²) in [5.74, 6) is -0.330. The number of nitro groups is 1. The minimum absolute atomic E-state index is 0.124. The number of rotatable bonds is 2. The summed E-state index contributed by atoms with van der Waals surface area (Å²) in [4.78, 5) is 21.7. The van der Waals surface area contributed by atoms with Gasteiger partial charge in [0.05, 0.1) is 11.1 Å². The van der Waals surface area contributed by atoms with Gasteiger partial charge in [0, 0.05) is 6.20 Å². The molecule has 9 heteroatoms. The van der Waals surface area contributed by atoms with Crippen molar-refractivity contribution in [2.45, 2.75) is 13.8 Å². The van der Waals surface area contributed by atoms with E-state index in [2.05, 4.69) is 15.0 Å². The van der Waals surface area contributed by atoms with Crippen LogP contribution in [-0.4, -0.2) is 24.3 Å². The minimum atomic E-state index is -0.680. The van der Waals surface area contributed by atoms with Crippen molar-refractivity contribution in [3.05, 3.63) is 51.8 Å². The molecule has 0 saturated heterocycles. The first-order chi connectivity index (χ1) is 10.6. The van der Waals surface area contributed by atoms with Gasteiger partial charge in [0.1, 0.15) is 23.4 Å². The van der Waals surface area contributed by atoms with Gasteiger partial charge in [0.2, 0.25) is 5.15 Å². The zero-order valence-electron chi connectivity index (χ0n) is 11.7. The second-order valence-corrected chi connectivity index (χ2v) is 4.20. The van der Waals surface area contributed by atoms with E-state index < -0.39 is 16.4 Å². The lowest BCUT2D eigenvalue weighted by molar-refractivity contribution is -0.385. The maximum absolute atomic E-state index is 13.3. The summed E-state index contributed by atoms with van der Waals surface area (Å²) in [7, 11) is 0. The van der Waals surface area contributed by atoms with Gasteiger partial charge in [-0.3, -0.25) is 14.5 Å². The standard InChI is InChI=1S/C11H5ClFN5O2.C2H6/c12-10-7(18(19)20)3-15-11(16-10)8-4-14-9-2-1-6(13)5-17(8)9;1-2/h1-5H;1-2H3. The maximum atomic E-state index is 13.3. The van der Waals surface area contributed by atoms with E-state index in [0.29, 0.717) is 11.3 Å². The first kappa shape index (κ1) is 15.8. The van der Waals surface area contributed by atoms with E-state index in [1.165, 1.54) is 28.9 Å². The number of aromatic nitrogens is 4. The Balaban J connectivity index is 0.000000847. The zero-order chi connectivity index (χ0) is 16.3. The molecule has 0 fully saturated rings. The SMILES string of the molecule is CC.O=[N+]([O-])c1cnc(-c2cnc3ccc(F)cn23)nc1Cl. The van der Waals surface area contributed by atoms with Gasteiger partial charge in [-0.1, -0.05) is 25.4 Å². The van der Waals surface area contributed by atoms with Crippen LogP contribution in [0.4, 0.5) is 10.1 Å². The Morgan fingerprint density at radius 1 is 1.27 bits per heavy atom. The highest BCUT2D eigenvalue weighted by Gasteiger charge is 2.17. The molecule has 3 heterocycles. The van der Waals surface area contributed by atoms with Crippen molar-refractivity contribution in [1.29, 1.82) is 0 Å². The summed E-state index contributed by atoms with van der Waals surface area (Å²) in [6.45, 7) is 4.00. The van der Waals surface area contributed by atoms with E-state index in [4.69, 9.17) is 11.6 Å². The lowest BCUT2D eigenvalue weighted by Gasteiger charge is -2.01. The van der Waals surface area contributed by atoms with E-state index in [1.807, 2.05) is 13.8 Å². The van der Waals surface area contributed by atoms with Crippen molar-refractivity contribution in [2.75, 3.05) is 0 Å². The highest BCUT2D eigenvalue weighted by Crippen LogP contribution is 2.24. The van der Waals surface area contributed by atoms with Gasteiger partial charge in [0.25, 0.3) is 0 Å². The first-order valence-electron chi connectivity index (χ1n) is 6.36. The van der Waals surface area contributed by atoms with Gasteiger partial charge in [-0.25, -0.2) is 19.3 Å². The molecule has 0 unspecified atom stereocenters. The summed E-state index contributed by atoms with van der Waals surface area (Å²) < 4.78 is 14.7. The molecule has 3 rings (SSSR count). The number of hydrogen-bond donors (Lipinski definition) is 0. The predicted molar refractivity (Wildman–Crippen MR) is 79.2 cm³/mol. The molecule has 0 atom stereocenters. The summed E-state index contributed by atoms with van der Waals surface area (Å²) in [5.41, 5.74) is 0.492. The zero-order valence-corrected chi connectivity index (χ0v) is 12.5. The van der Waals surface area contributed by atoms with Crippen LogP contribution in [0.25, 0.3) is 17.2 Å². The second kappa shape index (κ2) is 6.44. The molecule has 0 aliphatic rings. The van der Waals surface area contributed by atoms with E-state index in [-0.39, 0.29) is 11.0 Å². The molecule has 0 bridgehead atoms. The van der Waals surface area contributed by atoms with E-state index in [0.717, 1.165) is 6.20 Å². The van der Waals surface area contributed by atoms with Gasteiger partial charge >= 0.3 is 5.69 Å². The van der Waals surface area contributed by atoms with Crippen LogP contribution in [0.5, 0.6) is 0 Å². The van der Waals surface area contributed by atoms with Crippen LogP contribution in [0.15, 0.2) is 30.7 Å². The molecule has 0 aliphatic heterocycles. The lowest BCUT2D eigenvalue weighted by atomic mass is 10.4. The number of hydrogen-bond acceptors (Lipinski definition) is 5. The van der Waals surface area contributed by atoms with Crippen LogP contribution in [0.1, 0.15) is 13.8 Å². The normalized spacial score (nSPS) is 10.2. The number of pyridine rings is 1. The molecule has 0 N–H and O–H groups in total. The number of fused-ring (bicyclic) bond motifs is 1. The number of imidazole rings is 1. The minimum Gasteiger partial charge on any atom is -0.294 e. The predicted octanol–water partition coefficient (Wildman–Crippen LogP) is 3.52. The Morgan fingerprint density at radius 3 is 2.64 bits per heavy atom. The highest BCUT2D eigenvalue weighted by molar-refractivity contribution is 6.31. The topological polar surface area (TPSA) is 86.2 Å². The largest absolute Gasteiger partial charge is 0.324 e. The molecule has 7 nitrogen and oxygen atoms in total. The highest BCUT2D eigenvalue weighted by atomic mass is 35.5. The average Bonchev–Trinajstić information content (AvgIpc) is 2.91. The molecule has 22 heavy (non-hydrogen) atoms. The van der Waals surface area contributed by atoms with Crippen molar-refractivity contribution in [3.8, 4) is 11.5 Å². The summed E-state index contributed by atoms with van der Waals surface area (Å²) in [6, 6.07) is 2.77. The molecule has 0 amide bonds. The van der Waals surface area contributed by atoms with Gasteiger partial charge in [-0.05, 0) is 12.1 Å². The fourth-order valence-electron chi connectivity index (χ4n) is 1.72. The number of nitrogens with zero attached hydrogens (tertiary/aromatic N) is 5. The van der Waals surface area contributed by atoms with Crippen LogP contribution >= 0.6 is 11.6 Å². The van der Waals surface area contributed by atoms with Crippen LogP contribution < -0.4 is 0 Å². The van der Waals surface area contributed by atoms with E-state index in [9.17, 15) is 14.5 Å². The first-order valence-corrected chi connectivity index (χ1v) is 6.74. The maximum Gasteiger partial charge on any atom is 0.324 e. The molecule has 3 aromatic heterocycles. The van der Waals surface area contributed by atoms with Crippen LogP contribution in [0.2, 0.25) is 5.15 Å². The molecule has 0 saturated carbocycles. The van der Waals surface area contributed by atoms with Gasteiger partial charge in [-0.2, -0.15) is 0 Å². The molecular formula is C13H11ClFN5O2. The molecule has 0 spiro atoms. The fraction of sp³-hybridized carbons (Fsp3) is 0.154. The van der Waals surface area contributed by atoms with Crippen LogP contribution in [0, 0.1) is 15.9 Å². The third kappa shape index (κ3) is 2.86. The Kier molecular flexibility index (Phi) is 4.62. The molecule has 3 aromatic rings. The number of halogens is 2. The Bertz CT molecular complexity index is 836. The quantitative estimate of drug-likeness (QED) is 0.409. The van der Waals surface area contributed by atoms with Gasteiger partial charge in [-0.15, -0.1) is 0 Å². The van der Waals surface area contributed by atoms with E-state index >= 15 is 0 Å². The monoisotopic (exact) mass is 323 g/mol. The lowest BCUT2D eigenvalue weighted by Crippen LogP contribution is -1.98. The van der Waals surface area contributed by atoms with Crippen molar-refractivity contribution < 1.29 is 9.31 Å². The van der Waals surface area contributed by atoms with Gasteiger partial charge in [0.15, 0.2) is 5.82 Å². The molecule has 0 radical (unpaired) electrons. The third-order valence-electron chi connectivity index (χ3n) is 2.62. The molecule has 0 aliphatic carbocycles. The van der Waals surface area contributed by atoms with Crippen molar-refractivity contribution in [3.63, 3.8) is 0 Å². The van der Waals surface area contributed by atoms with Crippen molar-refractivity contribution in [1.82, 2.24) is 19.4 Å².